The largest absolute Gasteiger partial charge is 0.343 e. The van der Waals surface area contributed by atoms with Crippen molar-refractivity contribution in [2.24, 2.45) is 5.92 Å². The van der Waals surface area contributed by atoms with Gasteiger partial charge in [0, 0.05) is 38.5 Å². The molecular formula is C20H26N4O5. The quantitative estimate of drug-likeness (QED) is 0.614. The van der Waals surface area contributed by atoms with E-state index in [1.165, 1.54) is 17.9 Å². The molecule has 1 fully saturated rings. The van der Waals surface area contributed by atoms with Crippen molar-refractivity contribution in [1.82, 2.24) is 4.90 Å². The molecule has 9 nitrogen and oxygen atoms in total. The maximum Gasteiger partial charge on any atom is 0.294 e. The molecular weight excluding hydrogens is 376 g/mol. The van der Waals surface area contributed by atoms with Crippen molar-refractivity contribution in [3.05, 3.63) is 27.8 Å². The maximum absolute atomic E-state index is 12.8. The molecule has 2 aliphatic heterocycles. The number of likely N-dealkylation sites (tertiary alicyclic amines) is 1. The molecule has 0 aromatic heterocycles. The van der Waals surface area contributed by atoms with Gasteiger partial charge < -0.3 is 15.1 Å². The average Bonchev–Trinajstić information content (AvgIpc) is 2.86. The topological polar surface area (TPSA) is 113 Å². The molecule has 156 valence electrons. The molecule has 0 spiro atoms. The molecule has 2 heterocycles. The highest BCUT2D eigenvalue weighted by Gasteiger charge is 2.45. The van der Waals surface area contributed by atoms with Crippen molar-refractivity contribution in [1.29, 1.82) is 0 Å². The van der Waals surface area contributed by atoms with Gasteiger partial charge in [-0.05, 0) is 45.2 Å². The number of carbonyl (C=O) groups is 3. The average molecular weight is 402 g/mol. The lowest BCUT2D eigenvalue weighted by atomic mass is 9.85. The summed E-state index contributed by atoms with van der Waals surface area (Å²) in [5, 5.41) is 14.3. The molecule has 29 heavy (non-hydrogen) atoms. The second-order valence-corrected chi connectivity index (χ2v) is 8.09. The maximum atomic E-state index is 12.8. The number of nitro groups is 1. The van der Waals surface area contributed by atoms with Crippen LogP contribution in [0.2, 0.25) is 0 Å². The normalized spacial score (nSPS) is 18.6. The van der Waals surface area contributed by atoms with Crippen LogP contribution in [0.3, 0.4) is 0 Å². The fourth-order valence-corrected chi connectivity index (χ4v) is 4.12. The molecule has 0 radical (unpaired) electrons. The molecule has 0 unspecified atom stereocenters. The lowest BCUT2D eigenvalue weighted by Gasteiger charge is -2.30. The number of hydrogen-bond acceptors (Lipinski definition) is 5. The van der Waals surface area contributed by atoms with Gasteiger partial charge in [0.1, 0.15) is 5.69 Å². The van der Waals surface area contributed by atoms with Crippen LogP contribution in [0.4, 0.5) is 17.1 Å². The van der Waals surface area contributed by atoms with E-state index in [1.807, 2.05) is 6.92 Å². The van der Waals surface area contributed by atoms with Crippen LogP contribution in [0, 0.1) is 16.0 Å². The first-order valence-electron chi connectivity index (χ1n) is 9.79. The van der Waals surface area contributed by atoms with Gasteiger partial charge in [-0.1, -0.05) is 0 Å². The van der Waals surface area contributed by atoms with Gasteiger partial charge in [0.05, 0.1) is 16.0 Å². The first-order chi connectivity index (χ1) is 13.6. The SMILES string of the molecule is CCN1C(=O)C(C)(C)c2cc(NC(=O)C3CCN(C(C)=O)CC3)c([N+](=O)[O-])cc21. The molecule has 0 saturated carbocycles. The summed E-state index contributed by atoms with van der Waals surface area (Å²) in [6.07, 6.45) is 1.02. The number of nitro benzene ring substituents is 1. The first-order valence-corrected chi connectivity index (χ1v) is 9.79. The van der Waals surface area contributed by atoms with E-state index in [0.717, 1.165) is 0 Å². The Hall–Kier alpha value is -2.97. The van der Waals surface area contributed by atoms with Crippen LogP contribution in [0.25, 0.3) is 0 Å². The highest BCUT2D eigenvalue weighted by atomic mass is 16.6. The number of anilines is 2. The summed E-state index contributed by atoms with van der Waals surface area (Å²) in [5.41, 5.74) is 0.222. The third kappa shape index (κ3) is 3.56. The predicted octanol–water partition coefficient (Wildman–Crippen LogP) is 2.44. The zero-order valence-electron chi connectivity index (χ0n) is 17.2. The van der Waals surface area contributed by atoms with Crippen molar-refractivity contribution in [3.8, 4) is 0 Å². The highest BCUT2D eigenvalue weighted by Crippen LogP contribution is 2.46. The van der Waals surface area contributed by atoms with Crippen LogP contribution in [0.15, 0.2) is 12.1 Å². The Bertz CT molecular complexity index is 887. The Morgan fingerprint density at radius 2 is 1.90 bits per heavy atom. The van der Waals surface area contributed by atoms with E-state index in [-0.39, 0.29) is 35.0 Å². The van der Waals surface area contributed by atoms with E-state index in [2.05, 4.69) is 5.32 Å². The molecule has 0 atom stereocenters. The second-order valence-electron chi connectivity index (χ2n) is 8.09. The fourth-order valence-electron chi connectivity index (χ4n) is 4.12. The van der Waals surface area contributed by atoms with E-state index in [1.54, 1.807) is 24.8 Å². The zero-order chi connectivity index (χ0) is 21.5. The Morgan fingerprint density at radius 1 is 1.28 bits per heavy atom. The number of benzene rings is 1. The Labute approximate surface area is 169 Å². The van der Waals surface area contributed by atoms with Crippen molar-refractivity contribution in [2.75, 3.05) is 29.9 Å². The van der Waals surface area contributed by atoms with Gasteiger partial charge in [0.25, 0.3) is 5.69 Å². The Kier molecular flexibility index (Phi) is 5.34. The summed E-state index contributed by atoms with van der Waals surface area (Å²) in [4.78, 5) is 51.2. The van der Waals surface area contributed by atoms with Crippen LogP contribution in [0.1, 0.15) is 46.1 Å². The van der Waals surface area contributed by atoms with E-state index in [0.29, 0.717) is 43.7 Å². The predicted molar refractivity (Wildman–Crippen MR) is 108 cm³/mol. The summed E-state index contributed by atoms with van der Waals surface area (Å²) in [7, 11) is 0. The van der Waals surface area contributed by atoms with E-state index in [4.69, 9.17) is 0 Å². The number of amides is 3. The van der Waals surface area contributed by atoms with Gasteiger partial charge >= 0.3 is 0 Å². The van der Waals surface area contributed by atoms with Gasteiger partial charge in [-0.2, -0.15) is 0 Å². The fraction of sp³-hybridized carbons (Fsp3) is 0.550. The minimum absolute atomic E-state index is 0.0227. The van der Waals surface area contributed by atoms with Crippen molar-refractivity contribution < 1.29 is 19.3 Å². The number of likely N-dealkylation sites (N-methyl/N-ethyl adjacent to an activating group) is 1. The van der Waals surface area contributed by atoms with Crippen LogP contribution < -0.4 is 10.2 Å². The summed E-state index contributed by atoms with van der Waals surface area (Å²) in [5.74, 6) is -0.763. The van der Waals surface area contributed by atoms with Gasteiger partial charge in [0.15, 0.2) is 0 Å². The molecule has 2 aliphatic rings. The molecule has 0 aliphatic carbocycles. The molecule has 3 amide bonds. The minimum atomic E-state index is -0.827. The highest BCUT2D eigenvalue weighted by molar-refractivity contribution is 6.09. The van der Waals surface area contributed by atoms with Gasteiger partial charge in [-0.25, -0.2) is 0 Å². The molecule has 1 saturated heterocycles. The lowest BCUT2D eigenvalue weighted by molar-refractivity contribution is -0.383. The standard InChI is InChI=1S/C20H26N4O5/c1-5-23-16-11-17(24(28)29)15(10-14(16)20(3,4)19(23)27)21-18(26)13-6-8-22(9-7-13)12(2)25/h10-11,13H,5-9H2,1-4H3,(H,21,26). The molecule has 1 N–H and O–H groups in total. The number of rotatable bonds is 4. The lowest BCUT2D eigenvalue weighted by Crippen LogP contribution is -2.40. The van der Waals surface area contributed by atoms with Gasteiger partial charge in [-0.3, -0.25) is 24.5 Å². The first kappa shape index (κ1) is 20.8. The smallest absolute Gasteiger partial charge is 0.294 e. The van der Waals surface area contributed by atoms with Crippen LogP contribution >= 0.6 is 0 Å². The third-order valence-corrected chi connectivity index (χ3v) is 5.94. The molecule has 3 rings (SSSR count). The number of carbonyl (C=O) groups excluding carboxylic acids is 3. The van der Waals surface area contributed by atoms with E-state index in [9.17, 15) is 24.5 Å². The monoisotopic (exact) mass is 402 g/mol. The summed E-state index contributed by atoms with van der Waals surface area (Å²) in [6.45, 7) is 8.26. The number of fused-ring (bicyclic) bond motifs is 1. The van der Waals surface area contributed by atoms with Gasteiger partial charge in [0.2, 0.25) is 17.7 Å². The summed E-state index contributed by atoms with van der Waals surface area (Å²) in [6, 6.07) is 2.93. The minimum Gasteiger partial charge on any atom is -0.343 e. The molecule has 1 aromatic carbocycles. The number of nitrogens with zero attached hydrogens (tertiary/aromatic N) is 3. The van der Waals surface area contributed by atoms with Gasteiger partial charge in [-0.15, -0.1) is 0 Å². The van der Waals surface area contributed by atoms with Crippen molar-refractivity contribution in [2.45, 2.75) is 46.0 Å². The van der Waals surface area contributed by atoms with Crippen molar-refractivity contribution in [3.63, 3.8) is 0 Å². The summed E-state index contributed by atoms with van der Waals surface area (Å²) >= 11 is 0. The zero-order valence-corrected chi connectivity index (χ0v) is 17.2. The number of piperidine rings is 1. The van der Waals surface area contributed by atoms with Crippen LogP contribution in [-0.4, -0.2) is 47.2 Å². The molecule has 0 bridgehead atoms. The summed E-state index contributed by atoms with van der Waals surface area (Å²) < 4.78 is 0. The third-order valence-electron chi connectivity index (χ3n) is 5.94. The van der Waals surface area contributed by atoms with Crippen molar-refractivity contribution >= 4 is 34.8 Å². The Morgan fingerprint density at radius 3 is 2.41 bits per heavy atom. The second kappa shape index (κ2) is 7.46. The van der Waals surface area contributed by atoms with E-state index >= 15 is 0 Å². The number of hydrogen-bond donors (Lipinski definition) is 1. The Balaban J connectivity index is 1.89. The van der Waals surface area contributed by atoms with Crippen LogP contribution in [0.5, 0.6) is 0 Å². The molecule has 1 aromatic rings. The van der Waals surface area contributed by atoms with Crippen LogP contribution in [-0.2, 0) is 19.8 Å². The van der Waals surface area contributed by atoms with E-state index < -0.39 is 10.3 Å². The number of nitrogens with one attached hydrogen (secondary N) is 1. The molecule has 9 heteroatoms.